The number of benzene rings is 6. The van der Waals surface area contributed by atoms with E-state index in [0.717, 1.165) is 100 Å². The van der Waals surface area contributed by atoms with Crippen LogP contribution in [0.5, 0.6) is 51.7 Å². The lowest BCUT2D eigenvalue weighted by atomic mass is 10.1. The van der Waals surface area contributed by atoms with Crippen molar-refractivity contribution in [2.75, 3.05) is 32.0 Å². The van der Waals surface area contributed by atoms with Gasteiger partial charge in [-0.25, -0.2) is 13.2 Å². The molecule has 15 nitrogen and oxygen atoms in total. The summed E-state index contributed by atoms with van der Waals surface area (Å²) in [4.78, 5) is 48.8. The van der Waals surface area contributed by atoms with Crippen LogP contribution in [0.3, 0.4) is 0 Å². The van der Waals surface area contributed by atoms with Gasteiger partial charge in [0.1, 0.15) is 51.5 Å². The number of methoxy groups -OCH3 is 3. The van der Waals surface area contributed by atoms with Crippen LogP contribution >= 0.6 is 0 Å². The van der Waals surface area contributed by atoms with E-state index in [1.54, 1.807) is 0 Å². The first-order valence-corrected chi connectivity index (χ1v) is 20.5. The average molecular weight is 1110 g/mol. The number of nitrogens with one attached hydrogen (secondary N) is 2. The van der Waals surface area contributed by atoms with E-state index in [-0.39, 0.29) is 28.9 Å². The molecule has 0 aromatic heterocycles. The van der Waals surface area contributed by atoms with E-state index in [4.69, 9.17) is 35.2 Å². The van der Waals surface area contributed by atoms with Crippen molar-refractivity contribution in [3.8, 4) is 51.7 Å². The predicted octanol–water partition coefficient (Wildman–Crippen LogP) is 11.9. The molecule has 6 N–H and O–H groups in total. The number of carbonyl (C=O) groups excluding carboxylic acids is 4. The zero-order valence-electron chi connectivity index (χ0n) is 38.6. The second-order valence-corrected chi connectivity index (χ2v) is 14.8. The summed E-state index contributed by atoms with van der Waals surface area (Å²) in [5, 5.41) is 4.22. The van der Waals surface area contributed by atoms with E-state index in [1.165, 1.54) is 0 Å². The molecule has 0 aliphatic rings. The van der Waals surface area contributed by atoms with Crippen LogP contribution in [-0.4, -0.2) is 57.7 Å². The molecule has 0 bridgehead atoms. The van der Waals surface area contributed by atoms with Crippen LogP contribution in [0, 0.1) is 17.5 Å². The maximum atomic E-state index is 15.0. The van der Waals surface area contributed by atoms with Crippen LogP contribution in [0.2, 0.25) is 0 Å². The number of anilines is 2. The molecule has 0 atom stereocenters. The van der Waals surface area contributed by atoms with Crippen molar-refractivity contribution < 1.29 is 118 Å². The Morgan fingerprint density at radius 3 is 1.18 bits per heavy atom. The van der Waals surface area contributed by atoms with Gasteiger partial charge >= 0.3 is 25.1 Å². The maximum absolute atomic E-state index is 15.0. The van der Waals surface area contributed by atoms with Gasteiger partial charge in [-0.1, -0.05) is 0 Å². The molecule has 6 rings (SSSR count). The number of nitrogens with two attached hydrogens (primary N) is 2. The van der Waals surface area contributed by atoms with Gasteiger partial charge in [0.2, 0.25) is 0 Å². The minimum Gasteiger partial charge on any atom is -0.495 e. The van der Waals surface area contributed by atoms with Crippen molar-refractivity contribution in [1.29, 1.82) is 0 Å². The minimum absolute atomic E-state index is 0.216. The lowest BCUT2D eigenvalue weighted by Crippen LogP contribution is -2.20. The number of primary amides is 2. The van der Waals surface area contributed by atoms with E-state index in [9.17, 15) is 80.6 Å². The molecule has 0 heterocycles. The molecule has 0 unspecified atom stereocenters. The Labute approximate surface area is 420 Å². The third kappa shape index (κ3) is 15.0. The monoisotopic (exact) mass is 1110 g/mol. The van der Waals surface area contributed by atoms with Crippen LogP contribution in [-0.2, 0) is 12.4 Å². The molecule has 0 radical (unpaired) electrons. The lowest BCUT2D eigenvalue weighted by Gasteiger charge is -2.20. The minimum atomic E-state index is -5.24. The Balaban J connectivity index is 0.000000284. The summed E-state index contributed by atoms with van der Waals surface area (Å²) >= 11 is 0. The number of hydrogen-bond acceptors (Lipinski definition) is 11. The Morgan fingerprint density at radius 2 is 0.818 bits per heavy atom. The summed E-state index contributed by atoms with van der Waals surface area (Å²) in [7, 11) is 2.95. The van der Waals surface area contributed by atoms with Crippen molar-refractivity contribution >= 4 is 35.0 Å². The van der Waals surface area contributed by atoms with Crippen molar-refractivity contribution in [2.45, 2.75) is 25.1 Å². The van der Waals surface area contributed by atoms with Crippen LogP contribution < -0.4 is 55.3 Å². The molecule has 0 spiro atoms. The topological polar surface area (TPSA) is 209 Å². The summed E-state index contributed by atoms with van der Waals surface area (Å²) < 4.78 is 232. The van der Waals surface area contributed by atoms with Crippen molar-refractivity contribution in [3.05, 3.63) is 148 Å². The summed E-state index contributed by atoms with van der Waals surface area (Å²) in [6.45, 7) is 0. The van der Waals surface area contributed by atoms with Gasteiger partial charge in [-0.2, -0.15) is 26.3 Å². The fourth-order valence-corrected chi connectivity index (χ4v) is 6.44. The average Bonchev–Trinajstić information content (AvgIpc) is 3.31. The zero-order chi connectivity index (χ0) is 57.5. The lowest BCUT2D eigenvalue weighted by molar-refractivity contribution is -0.275. The fraction of sp³-hybridized carbons (Fsp3) is 0.149. The molecule has 0 saturated heterocycles. The van der Waals surface area contributed by atoms with Gasteiger partial charge in [-0.15, -0.1) is 26.3 Å². The van der Waals surface area contributed by atoms with E-state index >= 15 is 4.39 Å². The number of ether oxygens (including phenoxy) is 7. The number of hydrogen-bond donors (Lipinski definition) is 4. The van der Waals surface area contributed by atoms with Crippen LogP contribution in [0.1, 0.15) is 52.6 Å². The third-order valence-corrected chi connectivity index (χ3v) is 9.65. The van der Waals surface area contributed by atoms with E-state index in [1.807, 2.05) is 5.32 Å². The molecule has 30 heteroatoms. The van der Waals surface area contributed by atoms with Crippen molar-refractivity contribution in [3.63, 3.8) is 0 Å². The molecule has 0 saturated carbocycles. The summed E-state index contributed by atoms with van der Waals surface area (Å²) in [6, 6.07) is 12.3. The Bertz CT molecular complexity index is 3220. The highest BCUT2D eigenvalue weighted by Crippen LogP contribution is 2.46. The third-order valence-electron chi connectivity index (χ3n) is 9.65. The van der Waals surface area contributed by atoms with Crippen LogP contribution in [0.4, 0.5) is 77.2 Å². The van der Waals surface area contributed by atoms with Gasteiger partial charge in [0.15, 0.2) is 28.8 Å². The Hall–Kier alpha value is -9.25. The maximum Gasteiger partial charge on any atom is 0.573 e. The number of alkyl halides is 12. The normalized spacial score (nSPS) is 11.6. The highest BCUT2D eigenvalue weighted by molar-refractivity contribution is 6.09. The molecule has 0 aliphatic carbocycles. The zero-order valence-corrected chi connectivity index (χ0v) is 38.6. The molecule has 4 amide bonds. The van der Waals surface area contributed by atoms with Gasteiger partial charge < -0.3 is 55.3 Å². The number of halogens is 15. The highest BCUT2D eigenvalue weighted by Gasteiger charge is 2.40. The smallest absolute Gasteiger partial charge is 0.495 e. The first-order chi connectivity index (χ1) is 35.7. The van der Waals surface area contributed by atoms with Crippen molar-refractivity contribution in [2.24, 2.45) is 11.5 Å². The number of carbonyl (C=O) groups is 4. The molecule has 0 fully saturated rings. The molecule has 6 aromatic rings. The summed E-state index contributed by atoms with van der Waals surface area (Å²) in [5.74, 6) is -14.5. The SMILES string of the molecule is COc1cc(OC(F)(F)F)ccc1Oc1ccc(C(F)(F)F)c(F)c1C(=O)Nc1ccc(F)c(C(N)=O)c1.COc1cc(OC(F)(F)F)ccc1Oc1ccc(C(F)(F)F)c(OC)c1C(=O)Nc1ccc(F)c(C(N)=O)c1. The summed E-state index contributed by atoms with van der Waals surface area (Å²) in [6.07, 6.45) is -20.3. The van der Waals surface area contributed by atoms with E-state index in [2.05, 4.69) is 14.8 Å². The van der Waals surface area contributed by atoms with Gasteiger partial charge in [0.25, 0.3) is 23.6 Å². The van der Waals surface area contributed by atoms with Crippen LogP contribution in [0.15, 0.2) is 97.1 Å². The standard InChI is InChI=1S/C24H17F7N2O6.C23H14F8N2O5/c1-36-18-10-12(39-24(29,30)31)4-7-16(18)38-17-8-5-14(23(26,27)28)20(37-2)19(17)22(35)33-11-3-6-15(25)13(9-11)21(32)34;1-36-17-9-11(38-23(29,30)31)3-6-15(17)37-16-7-4-13(22(26,27)28)19(25)18(16)21(35)33-10-2-5-14(24)12(8-10)20(32)34/h3-10H,1-2H3,(H2,32,34)(H,33,35);2-9H,1H3,(H2,32,34)(H,33,35). The molecule has 77 heavy (non-hydrogen) atoms. The van der Waals surface area contributed by atoms with E-state index in [0.29, 0.717) is 12.1 Å². The second kappa shape index (κ2) is 23.1. The quantitative estimate of drug-likeness (QED) is 0.0711. The van der Waals surface area contributed by atoms with Gasteiger partial charge in [0, 0.05) is 23.5 Å². The highest BCUT2D eigenvalue weighted by atomic mass is 19.4. The molecule has 410 valence electrons. The summed E-state index contributed by atoms with van der Waals surface area (Å²) in [5.41, 5.74) is 3.00. The first kappa shape index (κ1) is 58.6. The van der Waals surface area contributed by atoms with Gasteiger partial charge in [0.05, 0.1) is 43.6 Å². The second-order valence-electron chi connectivity index (χ2n) is 14.8. The van der Waals surface area contributed by atoms with E-state index < -0.39 is 140 Å². The molecule has 0 aliphatic heterocycles. The molecule has 6 aromatic carbocycles. The number of amides is 4. The molecular formula is C47H31F15N4O11. The van der Waals surface area contributed by atoms with Crippen LogP contribution in [0.25, 0.3) is 0 Å². The fourth-order valence-electron chi connectivity index (χ4n) is 6.44. The first-order valence-electron chi connectivity index (χ1n) is 20.5. The predicted molar refractivity (Wildman–Crippen MR) is 235 cm³/mol. The Morgan fingerprint density at radius 1 is 0.442 bits per heavy atom. The largest absolute Gasteiger partial charge is 0.573 e. The van der Waals surface area contributed by atoms with Gasteiger partial charge in [-0.05, 0) is 84.9 Å². The molecular weight excluding hydrogens is 1080 g/mol. The Kier molecular flexibility index (Phi) is 17.6. The van der Waals surface area contributed by atoms with Gasteiger partial charge in [-0.3, -0.25) is 19.2 Å². The number of rotatable bonds is 15. The van der Waals surface area contributed by atoms with Crippen molar-refractivity contribution in [1.82, 2.24) is 0 Å².